The third-order valence-electron chi connectivity index (χ3n) is 4.34. The monoisotopic (exact) mass is 254 g/mol. The van der Waals surface area contributed by atoms with E-state index in [0.717, 1.165) is 45.2 Å². The Balaban J connectivity index is 1.91. The molecule has 1 heterocycles. The molecule has 1 amide bonds. The van der Waals surface area contributed by atoms with E-state index in [0.29, 0.717) is 6.54 Å². The van der Waals surface area contributed by atoms with Gasteiger partial charge in [0.15, 0.2) is 0 Å². The van der Waals surface area contributed by atoms with Gasteiger partial charge >= 0.3 is 0 Å². The SMILES string of the molecule is CCNC(=O)C1CCCN(C2CCCCC2O)C1. The van der Waals surface area contributed by atoms with Crippen LogP contribution in [0.2, 0.25) is 0 Å². The second-order valence-electron chi connectivity index (χ2n) is 5.65. The van der Waals surface area contributed by atoms with Crippen LogP contribution in [0.25, 0.3) is 0 Å². The van der Waals surface area contributed by atoms with E-state index in [1.807, 2.05) is 6.92 Å². The molecule has 4 heteroatoms. The van der Waals surface area contributed by atoms with Crippen LogP contribution < -0.4 is 5.32 Å². The van der Waals surface area contributed by atoms with Gasteiger partial charge in [0, 0.05) is 19.1 Å². The summed E-state index contributed by atoms with van der Waals surface area (Å²) in [6, 6.07) is 0.288. The lowest BCUT2D eigenvalue weighted by molar-refractivity contribution is -0.127. The summed E-state index contributed by atoms with van der Waals surface area (Å²) >= 11 is 0. The van der Waals surface area contributed by atoms with Crippen molar-refractivity contribution in [1.82, 2.24) is 10.2 Å². The Hall–Kier alpha value is -0.610. The van der Waals surface area contributed by atoms with Gasteiger partial charge in [0.25, 0.3) is 0 Å². The Morgan fingerprint density at radius 2 is 2.06 bits per heavy atom. The summed E-state index contributed by atoms with van der Waals surface area (Å²) < 4.78 is 0. The van der Waals surface area contributed by atoms with Gasteiger partial charge in [0.1, 0.15) is 0 Å². The first-order valence-corrected chi connectivity index (χ1v) is 7.42. The lowest BCUT2D eigenvalue weighted by Gasteiger charge is -2.41. The number of aliphatic hydroxyl groups is 1. The van der Waals surface area contributed by atoms with E-state index in [4.69, 9.17) is 0 Å². The highest BCUT2D eigenvalue weighted by atomic mass is 16.3. The second kappa shape index (κ2) is 6.53. The van der Waals surface area contributed by atoms with Crippen LogP contribution in [-0.2, 0) is 4.79 Å². The number of nitrogens with zero attached hydrogens (tertiary/aromatic N) is 1. The molecular weight excluding hydrogens is 228 g/mol. The van der Waals surface area contributed by atoms with Crippen LogP contribution in [0.3, 0.4) is 0 Å². The first-order chi connectivity index (χ1) is 8.72. The van der Waals surface area contributed by atoms with E-state index in [2.05, 4.69) is 10.2 Å². The van der Waals surface area contributed by atoms with E-state index in [9.17, 15) is 9.90 Å². The number of carbonyl (C=O) groups excluding carboxylic acids is 1. The summed E-state index contributed by atoms with van der Waals surface area (Å²) in [6.45, 7) is 4.54. The minimum Gasteiger partial charge on any atom is -0.391 e. The molecular formula is C14H26N2O2. The maximum atomic E-state index is 11.9. The van der Waals surface area contributed by atoms with Crippen molar-refractivity contribution in [1.29, 1.82) is 0 Å². The predicted octanol–water partition coefficient (Wildman–Crippen LogP) is 1.14. The van der Waals surface area contributed by atoms with Crippen molar-refractivity contribution < 1.29 is 9.90 Å². The van der Waals surface area contributed by atoms with Crippen molar-refractivity contribution >= 4 is 5.91 Å². The fourth-order valence-electron chi connectivity index (χ4n) is 3.36. The van der Waals surface area contributed by atoms with Crippen LogP contribution in [0, 0.1) is 5.92 Å². The largest absolute Gasteiger partial charge is 0.391 e. The van der Waals surface area contributed by atoms with Crippen molar-refractivity contribution in [3.8, 4) is 0 Å². The summed E-state index contributed by atoms with van der Waals surface area (Å²) in [5, 5.41) is 13.0. The molecule has 1 saturated carbocycles. The number of carbonyl (C=O) groups is 1. The molecule has 0 spiro atoms. The highest BCUT2D eigenvalue weighted by Gasteiger charge is 2.33. The lowest BCUT2D eigenvalue weighted by atomic mass is 9.88. The van der Waals surface area contributed by atoms with Crippen LogP contribution >= 0.6 is 0 Å². The highest BCUT2D eigenvalue weighted by molar-refractivity contribution is 5.78. The third kappa shape index (κ3) is 3.23. The lowest BCUT2D eigenvalue weighted by Crippen LogP contribution is -2.52. The third-order valence-corrected chi connectivity index (χ3v) is 4.34. The zero-order chi connectivity index (χ0) is 13.0. The zero-order valence-electron chi connectivity index (χ0n) is 11.4. The average molecular weight is 254 g/mol. The van der Waals surface area contributed by atoms with Crippen LogP contribution in [0.5, 0.6) is 0 Å². The molecule has 2 N–H and O–H groups in total. The van der Waals surface area contributed by atoms with E-state index >= 15 is 0 Å². The number of hydrogen-bond donors (Lipinski definition) is 2. The van der Waals surface area contributed by atoms with Gasteiger partial charge in [0.05, 0.1) is 12.0 Å². The highest BCUT2D eigenvalue weighted by Crippen LogP contribution is 2.27. The molecule has 104 valence electrons. The minimum atomic E-state index is -0.188. The van der Waals surface area contributed by atoms with Gasteiger partial charge in [-0.2, -0.15) is 0 Å². The smallest absolute Gasteiger partial charge is 0.224 e. The van der Waals surface area contributed by atoms with Crippen molar-refractivity contribution in [2.24, 2.45) is 5.92 Å². The van der Waals surface area contributed by atoms with Crippen molar-refractivity contribution in [2.45, 2.75) is 57.6 Å². The average Bonchev–Trinajstić information content (AvgIpc) is 2.40. The summed E-state index contributed by atoms with van der Waals surface area (Å²) in [5.41, 5.74) is 0. The second-order valence-corrected chi connectivity index (χ2v) is 5.65. The predicted molar refractivity (Wildman–Crippen MR) is 71.2 cm³/mol. The molecule has 2 fully saturated rings. The summed E-state index contributed by atoms with van der Waals surface area (Å²) in [7, 11) is 0. The molecule has 2 rings (SSSR count). The number of piperidine rings is 1. The first-order valence-electron chi connectivity index (χ1n) is 7.42. The van der Waals surface area contributed by atoms with E-state index in [1.165, 1.54) is 6.42 Å². The molecule has 1 aliphatic carbocycles. The Morgan fingerprint density at radius 1 is 1.28 bits per heavy atom. The van der Waals surface area contributed by atoms with Gasteiger partial charge in [0.2, 0.25) is 5.91 Å². The van der Waals surface area contributed by atoms with Crippen molar-refractivity contribution in [2.75, 3.05) is 19.6 Å². The van der Waals surface area contributed by atoms with Gasteiger partial charge < -0.3 is 10.4 Å². The fraction of sp³-hybridized carbons (Fsp3) is 0.929. The molecule has 3 unspecified atom stereocenters. The Kier molecular flexibility index (Phi) is 5.01. The molecule has 18 heavy (non-hydrogen) atoms. The number of rotatable bonds is 3. The summed E-state index contributed by atoms with van der Waals surface area (Å²) in [6.07, 6.45) is 6.24. The van der Waals surface area contributed by atoms with E-state index in [1.54, 1.807) is 0 Å². The van der Waals surface area contributed by atoms with Gasteiger partial charge in [-0.15, -0.1) is 0 Å². The quantitative estimate of drug-likeness (QED) is 0.794. The standard InChI is InChI=1S/C14H26N2O2/c1-2-15-14(18)11-6-5-9-16(10-11)12-7-3-4-8-13(12)17/h11-13,17H,2-10H2,1H3,(H,15,18). The molecule has 1 saturated heterocycles. The molecule has 3 atom stereocenters. The molecule has 0 aromatic rings. The maximum absolute atomic E-state index is 11.9. The Labute approximate surface area is 110 Å². The summed E-state index contributed by atoms with van der Waals surface area (Å²) in [5.74, 6) is 0.306. The first kappa shape index (κ1) is 13.8. The number of nitrogens with one attached hydrogen (secondary N) is 1. The molecule has 4 nitrogen and oxygen atoms in total. The van der Waals surface area contributed by atoms with E-state index in [-0.39, 0.29) is 24.0 Å². The maximum Gasteiger partial charge on any atom is 0.224 e. The molecule has 0 aromatic heterocycles. The van der Waals surface area contributed by atoms with Gasteiger partial charge in [-0.1, -0.05) is 12.8 Å². The molecule has 0 radical (unpaired) electrons. The number of likely N-dealkylation sites (tertiary alicyclic amines) is 1. The van der Waals surface area contributed by atoms with Crippen LogP contribution in [0.15, 0.2) is 0 Å². The number of aliphatic hydroxyl groups excluding tert-OH is 1. The molecule has 2 aliphatic rings. The van der Waals surface area contributed by atoms with Crippen molar-refractivity contribution in [3.63, 3.8) is 0 Å². The normalized spacial score (nSPS) is 34.2. The molecule has 1 aliphatic heterocycles. The van der Waals surface area contributed by atoms with E-state index < -0.39 is 0 Å². The topological polar surface area (TPSA) is 52.6 Å². The Morgan fingerprint density at radius 3 is 2.78 bits per heavy atom. The minimum absolute atomic E-state index is 0.118. The van der Waals surface area contributed by atoms with Gasteiger partial charge in [-0.3, -0.25) is 9.69 Å². The van der Waals surface area contributed by atoms with Crippen LogP contribution in [-0.4, -0.2) is 47.7 Å². The zero-order valence-corrected chi connectivity index (χ0v) is 11.4. The van der Waals surface area contributed by atoms with Crippen LogP contribution in [0.4, 0.5) is 0 Å². The number of amides is 1. The summed E-state index contributed by atoms with van der Waals surface area (Å²) in [4.78, 5) is 14.3. The molecule has 0 aromatic carbocycles. The van der Waals surface area contributed by atoms with Crippen LogP contribution in [0.1, 0.15) is 45.4 Å². The fourth-order valence-corrected chi connectivity index (χ4v) is 3.36. The Bertz CT molecular complexity index is 283. The van der Waals surface area contributed by atoms with Gasteiger partial charge in [-0.25, -0.2) is 0 Å². The number of hydrogen-bond acceptors (Lipinski definition) is 3. The molecule has 0 bridgehead atoms. The van der Waals surface area contributed by atoms with Gasteiger partial charge in [-0.05, 0) is 39.2 Å². The van der Waals surface area contributed by atoms with Crippen molar-refractivity contribution in [3.05, 3.63) is 0 Å².